The predicted octanol–water partition coefficient (Wildman–Crippen LogP) is 4.64. The van der Waals surface area contributed by atoms with Crippen molar-refractivity contribution in [3.8, 4) is 11.5 Å². The first-order valence-corrected chi connectivity index (χ1v) is 11.6. The molecule has 0 radical (unpaired) electrons. The van der Waals surface area contributed by atoms with E-state index >= 15 is 0 Å². The number of carbonyl (C=O) groups is 2. The first-order chi connectivity index (χ1) is 15.4. The predicted molar refractivity (Wildman–Crippen MR) is 126 cm³/mol. The van der Waals surface area contributed by atoms with Gasteiger partial charge in [-0.05, 0) is 49.6 Å². The fourth-order valence-electron chi connectivity index (χ4n) is 3.70. The van der Waals surface area contributed by atoms with Crippen molar-refractivity contribution in [2.45, 2.75) is 45.7 Å². The van der Waals surface area contributed by atoms with Gasteiger partial charge in [-0.15, -0.1) is 0 Å². The van der Waals surface area contributed by atoms with Crippen LogP contribution in [0.3, 0.4) is 0 Å². The van der Waals surface area contributed by atoms with Crippen LogP contribution in [0.5, 0.6) is 11.5 Å². The molecule has 1 N–H and O–H groups in total. The van der Waals surface area contributed by atoms with Crippen molar-refractivity contribution in [1.29, 1.82) is 0 Å². The van der Waals surface area contributed by atoms with Crippen LogP contribution in [0, 0.1) is 0 Å². The van der Waals surface area contributed by atoms with E-state index in [1.165, 1.54) is 0 Å². The van der Waals surface area contributed by atoms with E-state index in [1.54, 1.807) is 23.1 Å². The molecule has 0 bridgehead atoms. The number of aryl methyl sites for hydroxylation is 1. The highest BCUT2D eigenvalue weighted by Gasteiger charge is 2.29. The second-order valence-corrected chi connectivity index (χ2v) is 8.33. The summed E-state index contributed by atoms with van der Waals surface area (Å²) in [7, 11) is 0. The zero-order valence-electron chi connectivity index (χ0n) is 18.3. The van der Waals surface area contributed by atoms with E-state index < -0.39 is 6.04 Å². The van der Waals surface area contributed by atoms with Gasteiger partial charge in [0.1, 0.15) is 19.3 Å². The van der Waals surface area contributed by atoms with Crippen LogP contribution in [0.4, 0.5) is 0 Å². The number of amides is 2. The van der Waals surface area contributed by atoms with Crippen LogP contribution in [-0.2, 0) is 22.6 Å². The van der Waals surface area contributed by atoms with Crippen molar-refractivity contribution in [1.82, 2.24) is 10.2 Å². The molecule has 2 aromatic rings. The monoisotopic (exact) mass is 478 g/mol. The summed E-state index contributed by atoms with van der Waals surface area (Å²) in [6, 6.07) is 10.3. The van der Waals surface area contributed by atoms with Gasteiger partial charge in [0.15, 0.2) is 11.5 Å². The van der Waals surface area contributed by atoms with Gasteiger partial charge in [0, 0.05) is 35.1 Å². The van der Waals surface area contributed by atoms with Crippen molar-refractivity contribution in [2.75, 3.05) is 19.8 Å². The number of carbonyl (C=O) groups excluding carboxylic acids is 2. The summed E-state index contributed by atoms with van der Waals surface area (Å²) in [5.74, 6) is 1.07. The van der Waals surface area contributed by atoms with Crippen LogP contribution in [-0.4, -0.2) is 42.5 Å². The van der Waals surface area contributed by atoms with Gasteiger partial charge in [-0.25, -0.2) is 0 Å². The maximum absolute atomic E-state index is 13.3. The molecule has 2 aromatic carbocycles. The van der Waals surface area contributed by atoms with Crippen LogP contribution in [0.1, 0.15) is 37.8 Å². The fraction of sp³-hybridized carbons (Fsp3) is 0.417. The third-order valence-electron chi connectivity index (χ3n) is 5.36. The lowest BCUT2D eigenvalue weighted by atomic mass is 10.1. The minimum absolute atomic E-state index is 0.144. The maximum Gasteiger partial charge on any atom is 0.242 e. The van der Waals surface area contributed by atoms with Crippen molar-refractivity contribution in [2.24, 2.45) is 0 Å². The highest BCUT2D eigenvalue weighted by molar-refractivity contribution is 6.36. The first-order valence-electron chi connectivity index (χ1n) is 10.8. The Morgan fingerprint density at radius 3 is 2.41 bits per heavy atom. The number of halogens is 2. The molecule has 172 valence electrons. The van der Waals surface area contributed by atoms with Crippen LogP contribution >= 0.6 is 23.2 Å². The second-order valence-electron chi connectivity index (χ2n) is 7.52. The minimum Gasteiger partial charge on any atom is -0.486 e. The van der Waals surface area contributed by atoms with Gasteiger partial charge in [0.2, 0.25) is 11.8 Å². The molecular formula is C24H28Cl2N2O4. The van der Waals surface area contributed by atoms with Gasteiger partial charge >= 0.3 is 0 Å². The molecule has 2 amide bonds. The van der Waals surface area contributed by atoms with Crippen LogP contribution < -0.4 is 14.8 Å². The summed E-state index contributed by atoms with van der Waals surface area (Å²) in [5, 5.41) is 3.76. The van der Waals surface area contributed by atoms with E-state index in [-0.39, 0.29) is 24.8 Å². The Morgan fingerprint density at radius 1 is 1.06 bits per heavy atom. The average molecular weight is 479 g/mol. The molecule has 0 saturated carbocycles. The molecule has 0 unspecified atom stereocenters. The van der Waals surface area contributed by atoms with Crippen LogP contribution in [0.2, 0.25) is 10.0 Å². The zero-order valence-corrected chi connectivity index (χ0v) is 19.8. The van der Waals surface area contributed by atoms with Gasteiger partial charge in [-0.3, -0.25) is 9.59 Å². The molecule has 3 rings (SSSR count). The molecule has 8 heteroatoms. The number of rotatable bonds is 9. The van der Waals surface area contributed by atoms with E-state index in [4.69, 9.17) is 32.7 Å². The average Bonchev–Trinajstić information content (AvgIpc) is 2.79. The van der Waals surface area contributed by atoms with Gasteiger partial charge in [0.25, 0.3) is 0 Å². The number of nitrogens with zero attached hydrogens (tertiary/aromatic N) is 1. The molecule has 0 saturated heterocycles. The number of hydrogen-bond acceptors (Lipinski definition) is 4. The quantitative estimate of drug-likeness (QED) is 0.569. The third kappa shape index (κ3) is 5.87. The molecule has 1 aliphatic rings. The van der Waals surface area contributed by atoms with E-state index in [0.29, 0.717) is 59.7 Å². The molecule has 0 aliphatic carbocycles. The summed E-state index contributed by atoms with van der Waals surface area (Å²) in [6.45, 7) is 5.42. The summed E-state index contributed by atoms with van der Waals surface area (Å²) < 4.78 is 11.2. The minimum atomic E-state index is -0.616. The number of fused-ring (bicyclic) bond motifs is 1. The highest BCUT2D eigenvalue weighted by Crippen LogP contribution is 2.31. The largest absolute Gasteiger partial charge is 0.486 e. The molecule has 0 spiro atoms. The molecule has 1 atom stereocenters. The molecule has 6 nitrogen and oxygen atoms in total. The summed E-state index contributed by atoms with van der Waals surface area (Å²) in [4.78, 5) is 27.6. The van der Waals surface area contributed by atoms with E-state index in [1.807, 2.05) is 32.0 Å². The Morgan fingerprint density at radius 2 is 1.75 bits per heavy atom. The smallest absolute Gasteiger partial charge is 0.242 e. The number of hydrogen-bond donors (Lipinski definition) is 1. The molecular weight excluding hydrogens is 451 g/mol. The van der Waals surface area contributed by atoms with Gasteiger partial charge < -0.3 is 19.7 Å². The first kappa shape index (κ1) is 24.2. The Kier molecular flexibility index (Phi) is 8.65. The standard InChI is InChI=1S/C24H28Cl2N2O4/c1-3-20(24(30)27-4-2)28(15-17-18(25)6-5-7-19(17)26)23(29)11-9-16-8-10-21-22(14-16)32-13-12-31-21/h5-8,10,14,20H,3-4,9,11-13,15H2,1-2H3,(H,27,30)/t20-/m1/s1. The second kappa shape index (κ2) is 11.4. The Hall–Kier alpha value is -2.44. The lowest BCUT2D eigenvalue weighted by molar-refractivity contribution is -0.141. The molecule has 0 aromatic heterocycles. The van der Waals surface area contributed by atoms with Gasteiger partial charge in [0.05, 0.1) is 0 Å². The highest BCUT2D eigenvalue weighted by atomic mass is 35.5. The van der Waals surface area contributed by atoms with Crippen molar-refractivity contribution in [3.63, 3.8) is 0 Å². The third-order valence-corrected chi connectivity index (χ3v) is 6.07. The van der Waals surface area contributed by atoms with E-state index in [2.05, 4.69) is 5.32 Å². The number of benzene rings is 2. The van der Waals surface area contributed by atoms with Crippen LogP contribution in [0.15, 0.2) is 36.4 Å². The lowest BCUT2D eigenvalue weighted by Gasteiger charge is -2.31. The molecule has 0 fully saturated rings. The SMILES string of the molecule is CCNC(=O)[C@@H](CC)N(Cc1c(Cl)cccc1Cl)C(=O)CCc1ccc2c(c1)OCCO2. The topological polar surface area (TPSA) is 67.9 Å². The Labute approximate surface area is 198 Å². The van der Waals surface area contributed by atoms with E-state index in [0.717, 1.165) is 5.56 Å². The fourth-order valence-corrected chi connectivity index (χ4v) is 4.22. The lowest BCUT2D eigenvalue weighted by Crippen LogP contribution is -2.49. The van der Waals surface area contributed by atoms with Crippen molar-refractivity contribution < 1.29 is 19.1 Å². The number of nitrogens with one attached hydrogen (secondary N) is 1. The number of ether oxygens (including phenoxy) is 2. The van der Waals surface area contributed by atoms with Gasteiger partial charge in [-0.1, -0.05) is 42.3 Å². The maximum atomic E-state index is 13.3. The molecule has 1 aliphatic heterocycles. The summed E-state index contributed by atoms with van der Waals surface area (Å²) >= 11 is 12.7. The summed E-state index contributed by atoms with van der Waals surface area (Å²) in [6.07, 6.45) is 1.22. The number of likely N-dealkylation sites (N-methyl/N-ethyl adjacent to an activating group) is 1. The normalized spacial score (nSPS) is 13.4. The zero-order chi connectivity index (χ0) is 23.1. The molecule has 1 heterocycles. The summed E-state index contributed by atoms with van der Waals surface area (Å²) in [5.41, 5.74) is 1.59. The van der Waals surface area contributed by atoms with Crippen molar-refractivity contribution >= 4 is 35.0 Å². The van der Waals surface area contributed by atoms with Crippen molar-refractivity contribution in [3.05, 3.63) is 57.6 Å². The Balaban J connectivity index is 1.80. The van der Waals surface area contributed by atoms with Gasteiger partial charge in [-0.2, -0.15) is 0 Å². The van der Waals surface area contributed by atoms with Crippen LogP contribution in [0.25, 0.3) is 0 Å². The van der Waals surface area contributed by atoms with E-state index in [9.17, 15) is 9.59 Å². The molecule has 32 heavy (non-hydrogen) atoms. The Bertz CT molecular complexity index is 947.